The third-order valence-corrected chi connectivity index (χ3v) is 2.86. The molecule has 1 atom stereocenters. The summed E-state index contributed by atoms with van der Waals surface area (Å²) < 4.78 is 4.95. The van der Waals surface area contributed by atoms with E-state index in [1.807, 2.05) is 32.0 Å². The lowest BCUT2D eigenvalue weighted by molar-refractivity contribution is 0.0949. The maximum absolute atomic E-state index is 12.1. The fourth-order valence-electron chi connectivity index (χ4n) is 1.78. The molecule has 1 aromatic rings. The molecular weight excluding hydrogens is 214 g/mol. The Morgan fingerprint density at radius 2 is 2.12 bits per heavy atom. The van der Waals surface area contributed by atoms with E-state index < -0.39 is 6.04 Å². The van der Waals surface area contributed by atoms with Gasteiger partial charge in [0, 0.05) is 19.3 Å². The van der Waals surface area contributed by atoms with Crippen LogP contribution in [0, 0.1) is 13.8 Å². The molecule has 0 bridgehead atoms. The topological polar surface area (TPSA) is 52.3 Å². The normalized spacial score (nSPS) is 12.5. The van der Waals surface area contributed by atoms with Crippen molar-refractivity contribution in [1.29, 1.82) is 0 Å². The average Bonchev–Trinajstić information content (AvgIpc) is 2.31. The Morgan fingerprint density at radius 3 is 2.76 bits per heavy atom. The fraction of sp³-hybridized carbons (Fsp3) is 0.500. The van der Waals surface area contributed by atoms with Gasteiger partial charge in [0.25, 0.3) is 0 Å². The van der Waals surface area contributed by atoms with Gasteiger partial charge in [0.2, 0.25) is 0 Å². The number of hydrogen-bond donors (Lipinski definition) is 1. The molecular formula is C14H21NO2. The number of ketones is 1. The van der Waals surface area contributed by atoms with E-state index in [0.717, 1.165) is 23.1 Å². The van der Waals surface area contributed by atoms with Crippen molar-refractivity contribution in [3.8, 4) is 0 Å². The summed E-state index contributed by atoms with van der Waals surface area (Å²) in [6.45, 7) is 4.56. The van der Waals surface area contributed by atoms with Gasteiger partial charge in [-0.1, -0.05) is 17.7 Å². The number of carbonyl (C=O) groups excluding carboxylic acids is 1. The van der Waals surface area contributed by atoms with Crippen molar-refractivity contribution < 1.29 is 9.53 Å². The highest BCUT2D eigenvalue weighted by Crippen LogP contribution is 2.14. The molecule has 0 aliphatic carbocycles. The Hall–Kier alpha value is -1.19. The van der Waals surface area contributed by atoms with Crippen molar-refractivity contribution in [2.45, 2.75) is 32.7 Å². The Labute approximate surface area is 103 Å². The predicted molar refractivity (Wildman–Crippen MR) is 69.3 cm³/mol. The summed E-state index contributed by atoms with van der Waals surface area (Å²) in [6, 6.07) is 5.45. The summed E-state index contributed by atoms with van der Waals surface area (Å²) in [5.41, 5.74) is 8.72. The maximum atomic E-state index is 12.1. The molecule has 3 nitrogen and oxygen atoms in total. The lowest BCUT2D eigenvalue weighted by Gasteiger charge is -2.12. The molecule has 0 aliphatic heterocycles. The number of aryl methyl sites for hydroxylation is 2. The Morgan fingerprint density at radius 1 is 1.41 bits per heavy atom. The first-order valence-electron chi connectivity index (χ1n) is 5.92. The highest BCUT2D eigenvalue weighted by atomic mass is 16.5. The number of rotatable bonds is 6. The largest absolute Gasteiger partial charge is 0.385 e. The number of nitrogens with two attached hydrogens (primary N) is 1. The number of hydrogen-bond acceptors (Lipinski definition) is 3. The van der Waals surface area contributed by atoms with Gasteiger partial charge in [-0.15, -0.1) is 0 Å². The average molecular weight is 235 g/mol. The van der Waals surface area contributed by atoms with Gasteiger partial charge in [-0.2, -0.15) is 0 Å². The molecule has 3 heteroatoms. The lowest BCUT2D eigenvalue weighted by Crippen LogP contribution is -2.31. The van der Waals surface area contributed by atoms with Crippen molar-refractivity contribution in [2.24, 2.45) is 5.73 Å². The summed E-state index contributed by atoms with van der Waals surface area (Å²) in [7, 11) is 1.65. The number of carbonyl (C=O) groups is 1. The molecule has 0 spiro atoms. The van der Waals surface area contributed by atoms with Crippen molar-refractivity contribution in [3.05, 3.63) is 34.9 Å². The first kappa shape index (κ1) is 13.9. The summed E-state index contributed by atoms with van der Waals surface area (Å²) in [6.07, 6.45) is 1.48. The second-order valence-electron chi connectivity index (χ2n) is 4.42. The van der Waals surface area contributed by atoms with Crippen LogP contribution in [0.2, 0.25) is 0 Å². The highest BCUT2D eigenvalue weighted by Gasteiger charge is 2.17. The minimum Gasteiger partial charge on any atom is -0.385 e. The van der Waals surface area contributed by atoms with Crippen LogP contribution < -0.4 is 5.73 Å². The van der Waals surface area contributed by atoms with Crippen LogP contribution >= 0.6 is 0 Å². The van der Waals surface area contributed by atoms with Crippen LogP contribution in [0.3, 0.4) is 0 Å². The first-order chi connectivity index (χ1) is 8.06. The van der Waals surface area contributed by atoms with Gasteiger partial charge >= 0.3 is 0 Å². The van der Waals surface area contributed by atoms with Crippen molar-refractivity contribution in [3.63, 3.8) is 0 Å². The van der Waals surface area contributed by atoms with Crippen LogP contribution in [-0.4, -0.2) is 25.5 Å². The van der Waals surface area contributed by atoms with Crippen LogP contribution in [0.25, 0.3) is 0 Å². The second kappa shape index (κ2) is 6.52. The monoisotopic (exact) mass is 235 g/mol. The second-order valence-corrected chi connectivity index (χ2v) is 4.42. The van der Waals surface area contributed by atoms with Crippen LogP contribution in [0.5, 0.6) is 0 Å². The zero-order valence-electron chi connectivity index (χ0n) is 10.8. The number of ether oxygens (including phenoxy) is 1. The van der Waals surface area contributed by atoms with Crippen LogP contribution in [-0.2, 0) is 4.74 Å². The standard InChI is InChI=1S/C14H21NO2/c1-10-6-7-11(2)12(9-10)14(16)13(15)5-4-8-17-3/h6-7,9,13H,4-5,8,15H2,1-3H3. The van der Waals surface area contributed by atoms with Crippen molar-refractivity contribution in [2.75, 3.05) is 13.7 Å². The van der Waals surface area contributed by atoms with Crippen molar-refractivity contribution >= 4 is 5.78 Å². The van der Waals surface area contributed by atoms with Gasteiger partial charge in [0.15, 0.2) is 5.78 Å². The van der Waals surface area contributed by atoms with E-state index in [1.54, 1.807) is 7.11 Å². The predicted octanol–water partition coefficient (Wildman–Crippen LogP) is 2.24. The maximum Gasteiger partial charge on any atom is 0.179 e. The molecule has 94 valence electrons. The number of benzene rings is 1. The summed E-state index contributed by atoms with van der Waals surface area (Å²) in [5.74, 6) is 0.0299. The van der Waals surface area contributed by atoms with Gasteiger partial charge in [-0.25, -0.2) is 0 Å². The zero-order chi connectivity index (χ0) is 12.8. The van der Waals surface area contributed by atoms with Gasteiger partial charge < -0.3 is 10.5 Å². The lowest BCUT2D eigenvalue weighted by atomic mass is 9.96. The van der Waals surface area contributed by atoms with E-state index >= 15 is 0 Å². The Kier molecular flexibility index (Phi) is 5.32. The highest BCUT2D eigenvalue weighted by molar-refractivity contribution is 6.01. The van der Waals surface area contributed by atoms with E-state index in [9.17, 15) is 4.79 Å². The first-order valence-corrected chi connectivity index (χ1v) is 5.92. The molecule has 0 amide bonds. The van der Waals surface area contributed by atoms with Gasteiger partial charge in [0.1, 0.15) is 0 Å². The molecule has 0 aromatic heterocycles. The number of Topliss-reactive ketones (excluding diaryl/α,β-unsaturated/α-hetero) is 1. The quantitative estimate of drug-likeness (QED) is 0.607. The van der Waals surface area contributed by atoms with Crippen molar-refractivity contribution in [1.82, 2.24) is 0 Å². The molecule has 0 aliphatic rings. The third kappa shape index (κ3) is 3.95. The molecule has 0 saturated carbocycles. The molecule has 0 fully saturated rings. The number of methoxy groups -OCH3 is 1. The summed E-state index contributed by atoms with van der Waals surface area (Å²) in [4.78, 5) is 12.1. The SMILES string of the molecule is COCCCC(N)C(=O)c1cc(C)ccc1C. The molecule has 1 rings (SSSR count). The smallest absolute Gasteiger partial charge is 0.179 e. The molecule has 17 heavy (non-hydrogen) atoms. The van der Waals surface area contributed by atoms with Crippen LogP contribution in [0.4, 0.5) is 0 Å². The van der Waals surface area contributed by atoms with E-state index in [1.165, 1.54) is 0 Å². The summed E-state index contributed by atoms with van der Waals surface area (Å²) in [5, 5.41) is 0. The minimum atomic E-state index is -0.425. The zero-order valence-corrected chi connectivity index (χ0v) is 10.8. The minimum absolute atomic E-state index is 0.0299. The Bertz CT molecular complexity index is 388. The molecule has 0 radical (unpaired) electrons. The molecule has 1 aromatic carbocycles. The third-order valence-electron chi connectivity index (χ3n) is 2.86. The van der Waals surface area contributed by atoms with Gasteiger partial charge in [-0.3, -0.25) is 4.79 Å². The van der Waals surface area contributed by atoms with Crippen LogP contribution in [0.1, 0.15) is 34.3 Å². The molecule has 1 unspecified atom stereocenters. The van der Waals surface area contributed by atoms with Gasteiger partial charge in [-0.05, 0) is 38.3 Å². The van der Waals surface area contributed by atoms with Gasteiger partial charge in [0.05, 0.1) is 6.04 Å². The van der Waals surface area contributed by atoms with Crippen LogP contribution in [0.15, 0.2) is 18.2 Å². The van der Waals surface area contributed by atoms with E-state index in [0.29, 0.717) is 13.0 Å². The molecule has 2 N–H and O–H groups in total. The molecule has 0 heterocycles. The van der Waals surface area contributed by atoms with E-state index in [-0.39, 0.29) is 5.78 Å². The van der Waals surface area contributed by atoms with E-state index in [4.69, 9.17) is 10.5 Å². The molecule has 0 saturated heterocycles. The fourth-order valence-corrected chi connectivity index (χ4v) is 1.78. The Balaban J connectivity index is 2.71. The van der Waals surface area contributed by atoms with E-state index in [2.05, 4.69) is 0 Å². The summed E-state index contributed by atoms with van der Waals surface area (Å²) >= 11 is 0.